The van der Waals surface area contributed by atoms with E-state index in [9.17, 15) is 0 Å². The molecule has 3 aliphatic rings. The van der Waals surface area contributed by atoms with E-state index in [0.717, 1.165) is 23.8 Å². The number of hydrogen-bond donors (Lipinski definition) is 1. The quantitative estimate of drug-likeness (QED) is 0.828. The number of fused-ring (bicyclic) bond motifs is 1. The number of likely N-dealkylation sites (tertiary alicyclic amines) is 1. The fourth-order valence-corrected chi connectivity index (χ4v) is 4.60. The number of hydrogen-bond acceptors (Lipinski definition) is 2. The Hall–Kier alpha value is -0.0800. The Morgan fingerprint density at radius 1 is 1.06 bits per heavy atom. The van der Waals surface area contributed by atoms with E-state index in [-0.39, 0.29) is 0 Å². The molecule has 3 rings (SSSR count). The van der Waals surface area contributed by atoms with Crippen LogP contribution in [-0.2, 0) is 0 Å². The van der Waals surface area contributed by atoms with Crippen LogP contribution in [0.15, 0.2) is 0 Å². The molecule has 2 heteroatoms. The molecule has 1 N–H and O–H groups in total. The second-order valence-corrected chi connectivity index (χ2v) is 6.88. The molecule has 18 heavy (non-hydrogen) atoms. The molecule has 0 aromatic carbocycles. The first-order valence-electron chi connectivity index (χ1n) is 8.32. The summed E-state index contributed by atoms with van der Waals surface area (Å²) >= 11 is 0. The molecule has 0 aromatic heterocycles. The van der Waals surface area contributed by atoms with Crippen molar-refractivity contribution in [2.24, 2.45) is 17.8 Å². The molecule has 4 atom stereocenters. The van der Waals surface area contributed by atoms with Gasteiger partial charge in [0.2, 0.25) is 0 Å². The molecule has 2 heterocycles. The minimum Gasteiger partial charge on any atom is -0.312 e. The Labute approximate surface area is 113 Å². The van der Waals surface area contributed by atoms with E-state index in [1.54, 1.807) is 0 Å². The van der Waals surface area contributed by atoms with Gasteiger partial charge in [-0.25, -0.2) is 0 Å². The number of nitrogens with zero attached hydrogens (tertiary/aromatic N) is 1. The van der Waals surface area contributed by atoms with E-state index in [1.807, 2.05) is 0 Å². The lowest BCUT2D eigenvalue weighted by molar-refractivity contribution is 0.230. The van der Waals surface area contributed by atoms with Crippen molar-refractivity contribution in [1.29, 1.82) is 0 Å². The lowest BCUT2D eigenvalue weighted by Gasteiger charge is -2.27. The molecule has 3 fully saturated rings. The smallest absolute Gasteiger partial charge is 0.0226 e. The van der Waals surface area contributed by atoms with Gasteiger partial charge in [-0.05, 0) is 69.5 Å². The maximum atomic E-state index is 3.81. The van der Waals surface area contributed by atoms with Crippen molar-refractivity contribution in [3.8, 4) is 0 Å². The zero-order valence-electron chi connectivity index (χ0n) is 12.0. The van der Waals surface area contributed by atoms with Gasteiger partial charge in [-0.2, -0.15) is 0 Å². The van der Waals surface area contributed by atoms with Crippen molar-refractivity contribution < 1.29 is 0 Å². The summed E-state index contributed by atoms with van der Waals surface area (Å²) in [5.41, 5.74) is 0. The monoisotopic (exact) mass is 250 g/mol. The molecular formula is C16H30N2. The molecule has 0 spiro atoms. The van der Waals surface area contributed by atoms with E-state index in [4.69, 9.17) is 0 Å². The molecule has 4 unspecified atom stereocenters. The lowest BCUT2D eigenvalue weighted by atomic mass is 9.94. The Morgan fingerprint density at radius 3 is 2.89 bits per heavy atom. The fourth-order valence-electron chi connectivity index (χ4n) is 4.60. The van der Waals surface area contributed by atoms with Gasteiger partial charge in [-0.3, -0.25) is 0 Å². The third kappa shape index (κ3) is 2.75. The zero-order chi connectivity index (χ0) is 12.4. The van der Waals surface area contributed by atoms with Gasteiger partial charge >= 0.3 is 0 Å². The topological polar surface area (TPSA) is 15.3 Å². The van der Waals surface area contributed by atoms with Crippen LogP contribution in [0, 0.1) is 17.8 Å². The van der Waals surface area contributed by atoms with E-state index in [1.165, 1.54) is 71.1 Å². The van der Waals surface area contributed by atoms with Crippen LogP contribution in [0.1, 0.15) is 51.9 Å². The zero-order valence-corrected chi connectivity index (χ0v) is 12.0. The van der Waals surface area contributed by atoms with Crippen molar-refractivity contribution in [3.05, 3.63) is 0 Å². The first-order valence-corrected chi connectivity index (χ1v) is 8.32. The molecule has 2 saturated heterocycles. The van der Waals surface area contributed by atoms with Crippen LogP contribution in [0.4, 0.5) is 0 Å². The third-order valence-corrected chi connectivity index (χ3v) is 5.85. The van der Waals surface area contributed by atoms with Gasteiger partial charge in [0.25, 0.3) is 0 Å². The van der Waals surface area contributed by atoms with E-state index >= 15 is 0 Å². The van der Waals surface area contributed by atoms with Crippen molar-refractivity contribution in [1.82, 2.24) is 10.2 Å². The summed E-state index contributed by atoms with van der Waals surface area (Å²) in [5, 5.41) is 3.81. The average molecular weight is 250 g/mol. The highest BCUT2D eigenvalue weighted by Gasteiger charge is 2.39. The van der Waals surface area contributed by atoms with Gasteiger partial charge in [-0.1, -0.05) is 19.8 Å². The van der Waals surface area contributed by atoms with Gasteiger partial charge in [0.1, 0.15) is 0 Å². The van der Waals surface area contributed by atoms with Gasteiger partial charge in [0.15, 0.2) is 0 Å². The standard InChI is InChI=1S/C16H30N2/c1-2-13-5-4-9-18(10-8-13)12-16-15-7-3-6-14(15)11-17-16/h13-17H,2-12H2,1H3. The van der Waals surface area contributed by atoms with Gasteiger partial charge < -0.3 is 10.2 Å². The van der Waals surface area contributed by atoms with Crippen LogP contribution in [0.2, 0.25) is 0 Å². The molecule has 2 nitrogen and oxygen atoms in total. The first kappa shape index (κ1) is 12.9. The van der Waals surface area contributed by atoms with Crippen LogP contribution in [0.3, 0.4) is 0 Å². The molecule has 2 aliphatic heterocycles. The molecular weight excluding hydrogens is 220 g/mol. The highest BCUT2D eigenvalue weighted by atomic mass is 15.2. The predicted molar refractivity (Wildman–Crippen MR) is 76.7 cm³/mol. The Morgan fingerprint density at radius 2 is 2.00 bits per heavy atom. The number of nitrogens with one attached hydrogen (secondary N) is 1. The largest absolute Gasteiger partial charge is 0.312 e. The summed E-state index contributed by atoms with van der Waals surface area (Å²) in [6, 6.07) is 0.815. The van der Waals surface area contributed by atoms with Crippen LogP contribution in [0.25, 0.3) is 0 Å². The summed E-state index contributed by atoms with van der Waals surface area (Å²) in [5.74, 6) is 3.03. The first-order chi connectivity index (χ1) is 8.86. The second-order valence-electron chi connectivity index (χ2n) is 6.88. The molecule has 104 valence electrons. The maximum absolute atomic E-state index is 3.81. The van der Waals surface area contributed by atoms with Crippen molar-refractivity contribution >= 4 is 0 Å². The number of rotatable bonds is 3. The Bertz CT molecular complexity index is 266. The van der Waals surface area contributed by atoms with Crippen LogP contribution >= 0.6 is 0 Å². The molecule has 0 radical (unpaired) electrons. The van der Waals surface area contributed by atoms with E-state index < -0.39 is 0 Å². The van der Waals surface area contributed by atoms with E-state index in [2.05, 4.69) is 17.1 Å². The summed E-state index contributed by atoms with van der Waals surface area (Å²) in [7, 11) is 0. The van der Waals surface area contributed by atoms with Crippen LogP contribution < -0.4 is 5.32 Å². The molecule has 0 bridgehead atoms. The second kappa shape index (κ2) is 5.92. The maximum Gasteiger partial charge on any atom is 0.0226 e. The highest BCUT2D eigenvalue weighted by Crippen LogP contribution is 2.38. The predicted octanol–water partition coefficient (Wildman–Crippen LogP) is 2.89. The SMILES string of the molecule is CCC1CCCN(CC2NCC3CCCC32)CC1. The van der Waals surface area contributed by atoms with E-state index in [0.29, 0.717) is 0 Å². The van der Waals surface area contributed by atoms with Gasteiger partial charge in [0, 0.05) is 12.6 Å². The lowest BCUT2D eigenvalue weighted by Crippen LogP contribution is -2.41. The van der Waals surface area contributed by atoms with Crippen molar-refractivity contribution in [3.63, 3.8) is 0 Å². The summed E-state index contributed by atoms with van der Waals surface area (Å²) < 4.78 is 0. The molecule has 0 amide bonds. The van der Waals surface area contributed by atoms with Crippen LogP contribution in [0.5, 0.6) is 0 Å². The van der Waals surface area contributed by atoms with Gasteiger partial charge in [0.05, 0.1) is 0 Å². The minimum atomic E-state index is 0.815. The fraction of sp³-hybridized carbons (Fsp3) is 1.00. The van der Waals surface area contributed by atoms with Crippen LogP contribution in [-0.4, -0.2) is 37.1 Å². The van der Waals surface area contributed by atoms with Crippen molar-refractivity contribution in [2.75, 3.05) is 26.2 Å². The third-order valence-electron chi connectivity index (χ3n) is 5.85. The normalized spacial score (nSPS) is 41.8. The van der Waals surface area contributed by atoms with Gasteiger partial charge in [-0.15, -0.1) is 0 Å². The average Bonchev–Trinajstić information content (AvgIpc) is 2.90. The molecule has 0 aromatic rings. The molecule has 1 aliphatic carbocycles. The Balaban J connectivity index is 1.50. The Kier molecular flexibility index (Phi) is 4.25. The minimum absolute atomic E-state index is 0.815. The molecule has 1 saturated carbocycles. The highest BCUT2D eigenvalue weighted by molar-refractivity contribution is 4.95. The van der Waals surface area contributed by atoms with Crippen molar-refractivity contribution in [2.45, 2.75) is 57.9 Å². The summed E-state index contributed by atoms with van der Waals surface area (Å²) in [4.78, 5) is 2.76. The summed E-state index contributed by atoms with van der Waals surface area (Å²) in [6.45, 7) is 7.71. The summed E-state index contributed by atoms with van der Waals surface area (Å²) in [6.07, 6.45) is 10.2.